The number of hydrogen-bond donors (Lipinski definition) is 1. The third kappa shape index (κ3) is 3.35. The van der Waals surface area contributed by atoms with Crippen LogP contribution in [-0.2, 0) is 6.54 Å². The second-order valence-electron chi connectivity index (χ2n) is 4.02. The molecule has 0 aliphatic heterocycles. The Kier molecular flexibility index (Phi) is 4.21. The number of rotatable bonds is 5. The van der Waals surface area contributed by atoms with Gasteiger partial charge in [0.25, 0.3) is 0 Å². The van der Waals surface area contributed by atoms with Crippen molar-refractivity contribution in [2.24, 2.45) is 0 Å². The van der Waals surface area contributed by atoms with Crippen LogP contribution in [0.25, 0.3) is 0 Å². The Balaban J connectivity index is 2.12. The normalized spacial score (nSPS) is 10.4. The Hall–Kier alpha value is -1.82. The van der Waals surface area contributed by atoms with E-state index in [-0.39, 0.29) is 5.56 Å². The zero-order chi connectivity index (χ0) is 13.8. The van der Waals surface area contributed by atoms with E-state index in [4.69, 9.17) is 4.74 Å². The first-order valence-electron chi connectivity index (χ1n) is 5.71. The Bertz CT molecular complexity index is 582. The highest BCUT2D eigenvalue weighted by Crippen LogP contribution is 2.28. The second kappa shape index (κ2) is 5.88. The van der Waals surface area contributed by atoms with Gasteiger partial charge < -0.3 is 9.84 Å². The van der Waals surface area contributed by atoms with Gasteiger partial charge in [-0.05, 0) is 30.7 Å². The zero-order valence-corrected chi connectivity index (χ0v) is 11.9. The van der Waals surface area contributed by atoms with Crippen molar-refractivity contribution in [2.45, 2.75) is 13.5 Å². The highest BCUT2D eigenvalue weighted by molar-refractivity contribution is 9.10. The predicted molar refractivity (Wildman–Crippen MR) is 73.6 cm³/mol. The van der Waals surface area contributed by atoms with Gasteiger partial charge in [0.1, 0.15) is 17.9 Å². The zero-order valence-electron chi connectivity index (χ0n) is 10.3. The van der Waals surface area contributed by atoms with Crippen LogP contribution in [-0.4, -0.2) is 27.5 Å². The van der Waals surface area contributed by atoms with Gasteiger partial charge in [0, 0.05) is 16.9 Å². The lowest BCUT2D eigenvalue weighted by Gasteiger charge is -2.12. The van der Waals surface area contributed by atoms with Crippen molar-refractivity contribution in [3.05, 3.63) is 46.2 Å². The number of carbonyl (C=O) groups is 1. The van der Waals surface area contributed by atoms with E-state index in [1.54, 1.807) is 16.9 Å². The summed E-state index contributed by atoms with van der Waals surface area (Å²) in [6.45, 7) is 2.76. The maximum Gasteiger partial charge on any atom is 0.339 e. The average molecular weight is 325 g/mol. The summed E-state index contributed by atoms with van der Waals surface area (Å²) in [5.41, 5.74) is 0.944. The maximum atomic E-state index is 11.2. The van der Waals surface area contributed by atoms with Gasteiger partial charge in [-0.3, -0.25) is 4.68 Å². The standard InChI is InChI=1S/C13H13BrN2O3/c1-9-7-10(14)8-11(13(17)18)12(9)19-6-5-16-4-2-3-15-16/h2-4,7-8H,5-6H2,1H3,(H,17,18). The van der Waals surface area contributed by atoms with Crippen LogP contribution in [0.3, 0.4) is 0 Å². The number of nitrogens with zero attached hydrogens (tertiary/aromatic N) is 2. The van der Waals surface area contributed by atoms with Crippen LogP contribution in [0.2, 0.25) is 0 Å². The van der Waals surface area contributed by atoms with E-state index < -0.39 is 5.97 Å². The molecule has 0 bridgehead atoms. The summed E-state index contributed by atoms with van der Waals surface area (Å²) >= 11 is 3.28. The molecule has 0 amide bonds. The summed E-state index contributed by atoms with van der Waals surface area (Å²) in [7, 11) is 0. The van der Waals surface area contributed by atoms with Gasteiger partial charge in [0.2, 0.25) is 0 Å². The number of ether oxygens (including phenoxy) is 1. The van der Waals surface area contributed by atoms with Crippen molar-refractivity contribution < 1.29 is 14.6 Å². The van der Waals surface area contributed by atoms with Crippen LogP contribution in [0.1, 0.15) is 15.9 Å². The number of aromatic carboxylic acids is 1. The number of halogens is 1. The van der Waals surface area contributed by atoms with Gasteiger partial charge in [-0.1, -0.05) is 15.9 Å². The number of carboxylic acid groups (broad SMARTS) is 1. The first kappa shape index (κ1) is 13.6. The molecule has 1 aromatic heterocycles. The minimum absolute atomic E-state index is 0.160. The molecule has 6 heteroatoms. The van der Waals surface area contributed by atoms with E-state index in [1.807, 2.05) is 25.3 Å². The van der Waals surface area contributed by atoms with Crippen molar-refractivity contribution in [1.82, 2.24) is 9.78 Å². The molecule has 1 N–H and O–H groups in total. The first-order chi connectivity index (χ1) is 9.08. The lowest BCUT2D eigenvalue weighted by molar-refractivity contribution is 0.0691. The molecular weight excluding hydrogens is 312 g/mol. The number of benzene rings is 1. The maximum absolute atomic E-state index is 11.2. The molecule has 100 valence electrons. The minimum atomic E-state index is -1.00. The molecule has 0 saturated carbocycles. The van der Waals surface area contributed by atoms with E-state index >= 15 is 0 Å². The molecule has 0 atom stereocenters. The van der Waals surface area contributed by atoms with Crippen molar-refractivity contribution in [3.8, 4) is 5.75 Å². The van der Waals surface area contributed by atoms with Crippen molar-refractivity contribution >= 4 is 21.9 Å². The summed E-state index contributed by atoms with van der Waals surface area (Å²) < 4.78 is 8.05. The van der Waals surface area contributed by atoms with Crippen molar-refractivity contribution in [2.75, 3.05) is 6.61 Å². The SMILES string of the molecule is Cc1cc(Br)cc(C(=O)O)c1OCCn1cccn1. The number of aryl methyl sites for hydroxylation is 1. The molecule has 1 heterocycles. The summed E-state index contributed by atoms with van der Waals surface area (Å²) in [4.78, 5) is 11.2. The fourth-order valence-corrected chi connectivity index (χ4v) is 2.33. The van der Waals surface area contributed by atoms with E-state index in [0.29, 0.717) is 18.9 Å². The summed E-state index contributed by atoms with van der Waals surface area (Å²) in [6.07, 6.45) is 3.52. The minimum Gasteiger partial charge on any atom is -0.490 e. The molecule has 0 unspecified atom stereocenters. The summed E-state index contributed by atoms with van der Waals surface area (Å²) in [5, 5.41) is 13.2. The van der Waals surface area contributed by atoms with Crippen LogP contribution in [0.4, 0.5) is 0 Å². The molecule has 5 nitrogen and oxygen atoms in total. The van der Waals surface area contributed by atoms with Crippen LogP contribution in [0.5, 0.6) is 5.75 Å². The number of aromatic nitrogens is 2. The van der Waals surface area contributed by atoms with Crippen LogP contribution < -0.4 is 4.74 Å². The van der Waals surface area contributed by atoms with Gasteiger partial charge in [0.15, 0.2) is 0 Å². The predicted octanol–water partition coefficient (Wildman–Crippen LogP) is 2.73. The van der Waals surface area contributed by atoms with Gasteiger partial charge in [-0.15, -0.1) is 0 Å². The molecular formula is C13H13BrN2O3. The fourth-order valence-electron chi connectivity index (χ4n) is 1.75. The lowest BCUT2D eigenvalue weighted by atomic mass is 10.1. The monoisotopic (exact) mass is 324 g/mol. The first-order valence-corrected chi connectivity index (χ1v) is 6.51. The third-order valence-corrected chi connectivity index (χ3v) is 3.05. The smallest absolute Gasteiger partial charge is 0.339 e. The Morgan fingerprint density at radius 1 is 1.53 bits per heavy atom. The van der Waals surface area contributed by atoms with E-state index in [0.717, 1.165) is 10.0 Å². The molecule has 1 aromatic carbocycles. The van der Waals surface area contributed by atoms with Crippen LogP contribution >= 0.6 is 15.9 Å². The molecule has 0 aliphatic carbocycles. The lowest BCUT2D eigenvalue weighted by Crippen LogP contribution is -2.11. The fraction of sp³-hybridized carbons (Fsp3) is 0.231. The molecule has 0 aliphatic rings. The summed E-state index contributed by atoms with van der Waals surface area (Å²) in [5.74, 6) is -0.596. The van der Waals surface area contributed by atoms with Crippen molar-refractivity contribution in [3.63, 3.8) is 0 Å². The van der Waals surface area contributed by atoms with E-state index in [2.05, 4.69) is 21.0 Å². The van der Waals surface area contributed by atoms with Crippen molar-refractivity contribution in [1.29, 1.82) is 0 Å². The molecule has 0 radical (unpaired) electrons. The molecule has 2 rings (SSSR count). The Morgan fingerprint density at radius 3 is 2.95 bits per heavy atom. The number of hydrogen-bond acceptors (Lipinski definition) is 3. The molecule has 19 heavy (non-hydrogen) atoms. The quantitative estimate of drug-likeness (QED) is 0.918. The molecule has 0 saturated heterocycles. The third-order valence-electron chi connectivity index (χ3n) is 2.60. The van der Waals surface area contributed by atoms with Gasteiger partial charge in [-0.25, -0.2) is 4.79 Å². The Morgan fingerprint density at radius 2 is 2.32 bits per heavy atom. The molecule has 2 aromatic rings. The van der Waals surface area contributed by atoms with E-state index in [9.17, 15) is 9.90 Å². The summed E-state index contributed by atoms with van der Waals surface area (Å²) in [6, 6.07) is 5.20. The van der Waals surface area contributed by atoms with Gasteiger partial charge >= 0.3 is 5.97 Å². The largest absolute Gasteiger partial charge is 0.490 e. The Labute approximate surface area is 118 Å². The number of carboxylic acids is 1. The average Bonchev–Trinajstić information content (AvgIpc) is 2.84. The van der Waals surface area contributed by atoms with Crippen LogP contribution in [0, 0.1) is 6.92 Å². The topological polar surface area (TPSA) is 64.3 Å². The highest BCUT2D eigenvalue weighted by Gasteiger charge is 2.15. The molecule has 0 fully saturated rings. The second-order valence-corrected chi connectivity index (χ2v) is 4.94. The van der Waals surface area contributed by atoms with Crippen LogP contribution in [0.15, 0.2) is 35.1 Å². The highest BCUT2D eigenvalue weighted by atomic mass is 79.9. The van der Waals surface area contributed by atoms with Gasteiger partial charge in [0.05, 0.1) is 6.54 Å². The van der Waals surface area contributed by atoms with Gasteiger partial charge in [-0.2, -0.15) is 5.10 Å². The molecule has 0 spiro atoms. The van der Waals surface area contributed by atoms with E-state index in [1.165, 1.54) is 0 Å².